The van der Waals surface area contributed by atoms with Gasteiger partial charge in [0.05, 0.1) is 13.1 Å². The van der Waals surface area contributed by atoms with Gasteiger partial charge in [-0.05, 0) is 29.8 Å². The summed E-state index contributed by atoms with van der Waals surface area (Å²) in [5.74, 6) is -5.24. The molecule has 0 saturated heterocycles. The van der Waals surface area contributed by atoms with Crippen LogP contribution >= 0.6 is 12.4 Å². The fourth-order valence-electron chi connectivity index (χ4n) is 3.74. The number of halogens is 7. The Morgan fingerprint density at radius 1 is 0.951 bits per heavy atom. The van der Waals surface area contributed by atoms with Gasteiger partial charge in [0, 0.05) is 18.1 Å². The van der Waals surface area contributed by atoms with Gasteiger partial charge in [-0.15, -0.1) is 12.4 Å². The Hall–Kier alpha value is -3.91. The molecule has 8 nitrogen and oxygen atoms in total. The quantitative estimate of drug-likeness (QED) is 0.225. The van der Waals surface area contributed by atoms with Gasteiger partial charge in [0.25, 0.3) is 0 Å². The van der Waals surface area contributed by atoms with Crippen LogP contribution in [0.1, 0.15) is 29.7 Å². The van der Waals surface area contributed by atoms with Crippen LogP contribution in [-0.4, -0.2) is 53.6 Å². The Bertz CT molecular complexity index is 1460. The molecule has 0 fully saturated rings. The van der Waals surface area contributed by atoms with Crippen LogP contribution in [0.25, 0.3) is 12.2 Å². The maximum Gasteiger partial charge on any atom is 0.340 e. The molecule has 2 aromatic carbocycles. The fourth-order valence-corrected chi connectivity index (χ4v) is 3.74. The van der Waals surface area contributed by atoms with E-state index in [1.807, 2.05) is 6.92 Å². The van der Waals surface area contributed by atoms with Crippen molar-refractivity contribution < 1.29 is 36.2 Å². The second-order valence-corrected chi connectivity index (χ2v) is 8.92. The van der Waals surface area contributed by atoms with E-state index in [1.165, 1.54) is 52.4 Å². The lowest BCUT2D eigenvalue weighted by atomic mass is 9.93. The molecule has 15 heteroatoms. The molecule has 1 N–H and O–H groups in total. The lowest BCUT2D eigenvalue weighted by Gasteiger charge is -2.28. The normalized spacial score (nSPS) is 13.4. The second kappa shape index (κ2) is 13.2. The van der Waals surface area contributed by atoms with Crippen molar-refractivity contribution in [1.29, 1.82) is 0 Å². The topological polar surface area (TPSA) is 90.9 Å². The molecule has 0 aliphatic carbocycles. The molecule has 0 saturated carbocycles. The van der Waals surface area contributed by atoms with Gasteiger partial charge in [0.1, 0.15) is 41.5 Å². The molecule has 2 heterocycles. The first-order chi connectivity index (χ1) is 19.0. The molecule has 2 aromatic heterocycles. The van der Waals surface area contributed by atoms with Crippen LogP contribution < -0.4 is 4.74 Å². The van der Waals surface area contributed by atoms with Crippen molar-refractivity contribution in [3.05, 3.63) is 89.5 Å². The van der Waals surface area contributed by atoms with Crippen LogP contribution in [0.2, 0.25) is 0 Å². The molecule has 1 atom stereocenters. The van der Waals surface area contributed by atoms with Crippen LogP contribution in [0, 0.1) is 11.6 Å². The lowest BCUT2D eigenvalue weighted by molar-refractivity contribution is -0.148. The van der Waals surface area contributed by atoms with Crippen molar-refractivity contribution in [2.75, 3.05) is 6.61 Å². The highest BCUT2D eigenvalue weighted by Crippen LogP contribution is 2.29. The second-order valence-electron chi connectivity index (χ2n) is 8.92. The number of hydrogen-bond acceptors (Lipinski definition) is 6. The molecule has 0 spiro atoms. The standard InChI is InChI=1S/C26H24F6N6O2.ClH/c1-2-22-33-15-37(35-22)12-25(39,20-9-6-18(27)11-21(20)28)13-38-16-34-23(36-38)10-5-17-3-7-19(8-4-17)40-14-26(31,32)24(29)30;/h3-11,15-16,24,39H,2,12-14H2,1H3;1H/t25-;/m0./s1. The predicted molar refractivity (Wildman–Crippen MR) is 139 cm³/mol. The summed E-state index contributed by atoms with van der Waals surface area (Å²) in [7, 11) is 0. The van der Waals surface area contributed by atoms with Gasteiger partial charge in [-0.25, -0.2) is 36.9 Å². The summed E-state index contributed by atoms with van der Waals surface area (Å²) in [4.78, 5) is 8.27. The molecule has 0 unspecified atom stereocenters. The minimum Gasteiger partial charge on any atom is -0.487 e. The third-order valence-electron chi connectivity index (χ3n) is 5.79. The van der Waals surface area contributed by atoms with E-state index < -0.39 is 36.2 Å². The molecule has 41 heavy (non-hydrogen) atoms. The molecule has 0 bridgehead atoms. The minimum atomic E-state index is -4.26. The van der Waals surface area contributed by atoms with Crippen molar-refractivity contribution in [3.8, 4) is 5.75 Å². The molecule has 220 valence electrons. The number of hydrogen-bond donors (Lipinski definition) is 1. The van der Waals surface area contributed by atoms with E-state index in [2.05, 4.69) is 20.2 Å². The van der Waals surface area contributed by atoms with Crippen LogP contribution in [0.5, 0.6) is 5.75 Å². The Labute approximate surface area is 236 Å². The SMILES string of the molecule is CCc1ncn(C[C@](O)(Cn2cnc(C=Cc3ccc(OCC(F)(F)C(F)F)cc3)n2)c2ccc(F)cc2F)n1.Cl. The third-order valence-corrected chi connectivity index (χ3v) is 5.79. The zero-order valence-corrected chi connectivity index (χ0v) is 22.3. The minimum absolute atomic E-state index is 0. The van der Waals surface area contributed by atoms with Gasteiger partial charge in [0.2, 0.25) is 0 Å². The summed E-state index contributed by atoms with van der Waals surface area (Å²) in [6.45, 7) is -0.0550. The highest BCUT2D eigenvalue weighted by molar-refractivity contribution is 5.85. The number of nitrogens with zero attached hydrogens (tertiary/aromatic N) is 6. The number of benzene rings is 2. The molecular formula is C26H25ClF6N6O2. The summed E-state index contributed by atoms with van der Waals surface area (Å²) in [5.41, 5.74) is -1.46. The molecule has 0 amide bonds. The van der Waals surface area contributed by atoms with Crippen LogP contribution in [0.4, 0.5) is 26.3 Å². The van der Waals surface area contributed by atoms with E-state index in [1.54, 1.807) is 6.08 Å². The first kappa shape index (κ1) is 31.6. The maximum atomic E-state index is 14.7. The number of alkyl halides is 4. The van der Waals surface area contributed by atoms with Crippen LogP contribution in [0.3, 0.4) is 0 Å². The third kappa shape index (κ3) is 8.07. The van der Waals surface area contributed by atoms with E-state index in [9.17, 15) is 31.4 Å². The molecule has 4 aromatic rings. The van der Waals surface area contributed by atoms with E-state index in [-0.39, 0.29) is 42.6 Å². The lowest BCUT2D eigenvalue weighted by Crippen LogP contribution is -2.37. The first-order valence-corrected chi connectivity index (χ1v) is 12.0. The highest BCUT2D eigenvalue weighted by atomic mass is 35.5. The van der Waals surface area contributed by atoms with Gasteiger partial charge in [0.15, 0.2) is 12.4 Å². The largest absolute Gasteiger partial charge is 0.487 e. The molecule has 0 aliphatic rings. The van der Waals surface area contributed by atoms with Gasteiger partial charge in [-0.2, -0.15) is 19.0 Å². The number of aromatic nitrogens is 6. The predicted octanol–water partition coefficient (Wildman–Crippen LogP) is 5.17. The Balaban J connectivity index is 0.00000462. The number of rotatable bonds is 12. The Morgan fingerprint density at radius 3 is 2.22 bits per heavy atom. The van der Waals surface area contributed by atoms with Crippen LogP contribution in [-0.2, 0) is 25.1 Å². The van der Waals surface area contributed by atoms with Gasteiger partial charge in [-0.3, -0.25) is 0 Å². The van der Waals surface area contributed by atoms with Gasteiger partial charge < -0.3 is 9.84 Å². The zero-order valence-electron chi connectivity index (χ0n) is 21.5. The van der Waals surface area contributed by atoms with E-state index in [0.29, 0.717) is 23.9 Å². The number of ether oxygens (including phenoxy) is 1. The van der Waals surface area contributed by atoms with Gasteiger partial charge >= 0.3 is 12.3 Å². The highest BCUT2D eigenvalue weighted by Gasteiger charge is 2.41. The van der Waals surface area contributed by atoms with E-state index in [4.69, 9.17) is 4.74 Å². The zero-order chi connectivity index (χ0) is 28.9. The Morgan fingerprint density at radius 2 is 1.61 bits per heavy atom. The average molecular weight is 603 g/mol. The average Bonchev–Trinajstić information content (AvgIpc) is 3.55. The molecular weight excluding hydrogens is 578 g/mol. The van der Waals surface area contributed by atoms with Crippen molar-refractivity contribution in [1.82, 2.24) is 29.5 Å². The molecule has 4 rings (SSSR count). The van der Waals surface area contributed by atoms with E-state index >= 15 is 0 Å². The number of aryl methyl sites for hydroxylation is 1. The number of aliphatic hydroxyl groups is 1. The van der Waals surface area contributed by atoms with Crippen molar-refractivity contribution in [3.63, 3.8) is 0 Å². The van der Waals surface area contributed by atoms with Gasteiger partial charge in [-0.1, -0.05) is 31.2 Å². The Kier molecular flexibility index (Phi) is 10.2. The summed E-state index contributed by atoms with van der Waals surface area (Å²) >= 11 is 0. The van der Waals surface area contributed by atoms with E-state index in [0.717, 1.165) is 12.1 Å². The monoisotopic (exact) mass is 602 g/mol. The van der Waals surface area contributed by atoms with Crippen molar-refractivity contribution >= 4 is 24.6 Å². The van der Waals surface area contributed by atoms with Crippen LogP contribution in [0.15, 0.2) is 55.1 Å². The summed E-state index contributed by atoms with van der Waals surface area (Å²) in [6, 6.07) is 8.59. The fraction of sp³-hybridized carbons (Fsp3) is 0.308. The molecule has 0 radical (unpaired) electrons. The smallest absolute Gasteiger partial charge is 0.340 e. The van der Waals surface area contributed by atoms with Crippen molar-refractivity contribution in [2.45, 2.75) is 44.4 Å². The van der Waals surface area contributed by atoms with Crippen molar-refractivity contribution in [2.24, 2.45) is 0 Å². The first-order valence-electron chi connectivity index (χ1n) is 12.0. The summed E-state index contributed by atoms with van der Waals surface area (Å²) < 4.78 is 86.2. The molecule has 0 aliphatic heterocycles. The maximum absolute atomic E-state index is 14.7. The summed E-state index contributed by atoms with van der Waals surface area (Å²) in [6.07, 6.45) is 2.58. The summed E-state index contributed by atoms with van der Waals surface area (Å²) in [5, 5.41) is 20.1.